The van der Waals surface area contributed by atoms with Crippen LogP contribution in [0.15, 0.2) is 30.3 Å². The number of fused-ring (bicyclic) bond motifs is 1. The summed E-state index contributed by atoms with van der Waals surface area (Å²) in [6.45, 7) is 2.14. The summed E-state index contributed by atoms with van der Waals surface area (Å²) in [5.74, 6) is 1.85. The van der Waals surface area contributed by atoms with Gasteiger partial charge < -0.3 is 9.47 Å². The topological polar surface area (TPSA) is 18.5 Å². The molecule has 2 aromatic rings. The fourth-order valence-corrected chi connectivity index (χ4v) is 2.04. The van der Waals surface area contributed by atoms with Crippen molar-refractivity contribution in [3.05, 3.63) is 35.9 Å². The third kappa shape index (κ3) is 1.71. The number of benzene rings is 2. The lowest BCUT2D eigenvalue weighted by atomic mass is 10.0. The van der Waals surface area contributed by atoms with Crippen LogP contribution >= 0.6 is 0 Å². The molecule has 0 aromatic heterocycles. The van der Waals surface area contributed by atoms with Crippen molar-refractivity contribution >= 4 is 10.8 Å². The molecule has 0 heterocycles. The highest BCUT2D eigenvalue weighted by molar-refractivity contribution is 5.89. The molecule has 2 aromatic carbocycles. The lowest BCUT2D eigenvalue weighted by molar-refractivity contribution is 0.410. The second-order valence-corrected chi connectivity index (χ2v) is 3.69. The molecule has 0 spiro atoms. The van der Waals surface area contributed by atoms with E-state index in [2.05, 4.69) is 19.1 Å². The molecule has 0 saturated heterocycles. The Morgan fingerprint density at radius 3 is 2.44 bits per heavy atom. The van der Waals surface area contributed by atoms with E-state index in [9.17, 15) is 0 Å². The standard InChI is InChI=1S/C14H16O2/c1-4-12-13-7-6-11(15-2)9-10(13)5-8-14(12)16-3/h5-9H,4H2,1-3H3. The summed E-state index contributed by atoms with van der Waals surface area (Å²) in [6, 6.07) is 10.2. The third-order valence-corrected chi connectivity index (χ3v) is 2.87. The van der Waals surface area contributed by atoms with Gasteiger partial charge in [0.05, 0.1) is 14.2 Å². The van der Waals surface area contributed by atoms with Crippen LogP contribution in [0.3, 0.4) is 0 Å². The lowest BCUT2D eigenvalue weighted by Gasteiger charge is -2.11. The minimum Gasteiger partial charge on any atom is -0.497 e. The van der Waals surface area contributed by atoms with E-state index in [1.807, 2.05) is 18.2 Å². The van der Waals surface area contributed by atoms with Gasteiger partial charge >= 0.3 is 0 Å². The molecule has 0 N–H and O–H groups in total. The van der Waals surface area contributed by atoms with Crippen LogP contribution in [0.1, 0.15) is 12.5 Å². The van der Waals surface area contributed by atoms with Crippen LogP contribution in [0, 0.1) is 0 Å². The number of ether oxygens (including phenoxy) is 2. The maximum Gasteiger partial charge on any atom is 0.122 e. The van der Waals surface area contributed by atoms with Crippen molar-refractivity contribution in [3.8, 4) is 11.5 Å². The Morgan fingerprint density at radius 1 is 1.00 bits per heavy atom. The van der Waals surface area contributed by atoms with Crippen LogP contribution in [0.2, 0.25) is 0 Å². The zero-order chi connectivity index (χ0) is 11.5. The predicted octanol–water partition coefficient (Wildman–Crippen LogP) is 3.42. The summed E-state index contributed by atoms with van der Waals surface area (Å²) in [5.41, 5.74) is 1.25. The Hall–Kier alpha value is -1.70. The molecular weight excluding hydrogens is 200 g/mol. The fraction of sp³-hybridized carbons (Fsp3) is 0.286. The minimum absolute atomic E-state index is 0.889. The van der Waals surface area contributed by atoms with E-state index in [1.165, 1.54) is 16.3 Å². The number of hydrogen-bond donors (Lipinski definition) is 0. The van der Waals surface area contributed by atoms with Gasteiger partial charge in [-0.05, 0) is 35.4 Å². The Labute approximate surface area is 95.8 Å². The maximum atomic E-state index is 5.37. The summed E-state index contributed by atoms with van der Waals surface area (Å²) in [7, 11) is 3.40. The first-order valence-electron chi connectivity index (χ1n) is 5.43. The molecule has 0 saturated carbocycles. The average molecular weight is 216 g/mol. The van der Waals surface area contributed by atoms with Gasteiger partial charge in [-0.3, -0.25) is 0 Å². The van der Waals surface area contributed by atoms with Gasteiger partial charge in [0, 0.05) is 5.56 Å². The zero-order valence-electron chi connectivity index (χ0n) is 9.91. The van der Waals surface area contributed by atoms with Crippen molar-refractivity contribution in [1.29, 1.82) is 0 Å². The van der Waals surface area contributed by atoms with Crippen molar-refractivity contribution in [1.82, 2.24) is 0 Å². The van der Waals surface area contributed by atoms with Gasteiger partial charge in [0.15, 0.2) is 0 Å². The van der Waals surface area contributed by atoms with Crippen molar-refractivity contribution in [3.63, 3.8) is 0 Å². The highest BCUT2D eigenvalue weighted by Crippen LogP contribution is 2.30. The van der Waals surface area contributed by atoms with Crippen LogP contribution in [-0.4, -0.2) is 14.2 Å². The molecule has 0 atom stereocenters. The molecule has 84 valence electrons. The van der Waals surface area contributed by atoms with Crippen LogP contribution in [0.5, 0.6) is 11.5 Å². The van der Waals surface area contributed by atoms with Crippen molar-refractivity contribution in [2.75, 3.05) is 14.2 Å². The molecular formula is C14H16O2. The van der Waals surface area contributed by atoms with Gasteiger partial charge in [-0.15, -0.1) is 0 Å². The third-order valence-electron chi connectivity index (χ3n) is 2.87. The quantitative estimate of drug-likeness (QED) is 0.782. The molecule has 2 nitrogen and oxygen atoms in total. The SMILES string of the molecule is CCc1c(OC)ccc2cc(OC)ccc12. The van der Waals surface area contributed by atoms with E-state index in [0.717, 1.165) is 17.9 Å². The maximum absolute atomic E-state index is 5.37. The van der Waals surface area contributed by atoms with Crippen molar-refractivity contribution in [2.24, 2.45) is 0 Å². The normalized spacial score (nSPS) is 10.4. The van der Waals surface area contributed by atoms with Gasteiger partial charge in [0.25, 0.3) is 0 Å². The van der Waals surface area contributed by atoms with Crippen LogP contribution in [0.4, 0.5) is 0 Å². The minimum atomic E-state index is 0.889. The second-order valence-electron chi connectivity index (χ2n) is 3.69. The first kappa shape index (κ1) is 10.8. The predicted molar refractivity (Wildman–Crippen MR) is 66.4 cm³/mol. The summed E-state index contributed by atoms with van der Waals surface area (Å²) in [6.07, 6.45) is 0.965. The summed E-state index contributed by atoms with van der Waals surface area (Å²) in [4.78, 5) is 0. The van der Waals surface area contributed by atoms with Crippen LogP contribution in [0.25, 0.3) is 10.8 Å². The second kappa shape index (κ2) is 4.44. The lowest BCUT2D eigenvalue weighted by Crippen LogP contribution is -1.92. The smallest absolute Gasteiger partial charge is 0.122 e. The summed E-state index contributed by atoms with van der Waals surface area (Å²) in [5, 5.41) is 2.43. The molecule has 16 heavy (non-hydrogen) atoms. The van der Waals surface area contributed by atoms with E-state index < -0.39 is 0 Å². The highest BCUT2D eigenvalue weighted by atomic mass is 16.5. The first-order valence-corrected chi connectivity index (χ1v) is 5.43. The van der Waals surface area contributed by atoms with E-state index in [4.69, 9.17) is 9.47 Å². The van der Waals surface area contributed by atoms with Gasteiger partial charge in [0.2, 0.25) is 0 Å². The van der Waals surface area contributed by atoms with Gasteiger partial charge in [0.1, 0.15) is 11.5 Å². The van der Waals surface area contributed by atoms with Crippen molar-refractivity contribution in [2.45, 2.75) is 13.3 Å². The fourth-order valence-electron chi connectivity index (χ4n) is 2.04. The largest absolute Gasteiger partial charge is 0.497 e. The van der Waals surface area contributed by atoms with Gasteiger partial charge in [-0.2, -0.15) is 0 Å². The molecule has 0 unspecified atom stereocenters. The molecule has 2 heteroatoms. The summed E-state index contributed by atoms with van der Waals surface area (Å²) >= 11 is 0. The number of rotatable bonds is 3. The van der Waals surface area contributed by atoms with Gasteiger partial charge in [-0.1, -0.05) is 19.1 Å². The highest BCUT2D eigenvalue weighted by Gasteiger charge is 2.06. The first-order chi connectivity index (χ1) is 7.80. The molecule has 0 aliphatic carbocycles. The number of hydrogen-bond acceptors (Lipinski definition) is 2. The van der Waals surface area contributed by atoms with Gasteiger partial charge in [-0.25, -0.2) is 0 Å². The summed E-state index contributed by atoms with van der Waals surface area (Å²) < 4.78 is 10.6. The van der Waals surface area contributed by atoms with Crippen LogP contribution in [-0.2, 0) is 6.42 Å². The zero-order valence-corrected chi connectivity index (χ0v) is 9.91. The molecule has 0 radical (unpaired) electrons. The molecule has 0 aliphatic heterocycles. The van der Waals surface area contributed by atoms with E-state index in [-0.39, 0.29) is 0 Å². The molecule has 0 fully saturated rings. The molecule has 2 rings (SSSR count). The Balaban J connectivity index is 2.69. The average Bonchev–Trinajstić information content (AvgIpc) is 2.36. The van der Waals surface area contributed by atoms with Crippen molar-refractivity contribution < 1.29 is 9.47 Å². The molecule has 0 aliphatic rings. The van der Waals surface area contributed by atoms with Crippen LogP contribution < -0.4 is 9.47 Å². The number of aryl methyl sites for hydroxylation is 1. The van der Waals surface area contributed by atoms with E-state index in [0.29, 0.717) is 0 Å². The molecule has 0 bridgehead atoms. The Kier molecular flexibility index (Phi) is 3.00. The Morgan fingerprint density at radius 2 is 1.81 bits per heavy atom. The van der Waals surface area contributed by atoms with E-state index >= 15 is 0 Å². The molecule has 0 amide bonds. The number of methoxy groups -OCH3 is 2. The Bertz CT molecular complexity index is 503. The van der Waals surface area contributed by atoms with E-state index in [1.54, 1.807) is 14.2 Å². The monoisotopic (exact) mass is 216 g/mol.